The van der Waals surface area contributed by atoms with Crippen LogP contribution in [0.2, 0.25) is 0 Å². The van der Waals surface area contributed by atoms with Crippen LogP contribution < -0.4 is 31.1 Å². The van der Waals surface area contributed by atoms with Crippen LogP contribution >= 0.6 is 0 Å². The first kappa shape index (κ1) is 47.4. The third-order valence-electron chi connectivity index (χ3n) is 16.4. The van der Waals surface area contributed by atoms with Gasteiger partial charge in [0.1, 0.15) is 0 Å². The van der Waals surface area contributed by atoms with E-state index < -0.39 is 0 Å². The molecule has 3 nitrogen and oxygen atoms in total. The molecule has 0 saturated heterocycles. The lowest BCUT2D eigenvalue weighted by molar-refractivity contribution is 0.403. The quantitative estimate of drug-likeness (QED) is 0.147. The molecule has 2 aliphatic heterocycles. The fourth-order valence-corrected chi connectivity index (χ4v) is 12.9. The summed E-state index contributed by atoms with van der Waals surface area (Å²) in [7, 11) is 0. The molecule has 0 aromatic heterocycles. The fourth-order valence-electron chi connectivity index (χ4n) is 12.9. The average molecular weight is 962 g/mol. The number of benzene rings is 9. The van der Waals surface area contributed by atoms with Gasteiger partial charge >= 0.3 is 0 Å². The molecule has 0 bridgehead atoms. The number of rotatable bonds is 7. The zero-order chi connectivity index (χ0) is 51.5. The van der Waals surface area contributed by atoms with Crippen LogP contribution in [-0.2, 0) is 21.7 Å². The first-order valence-electron chi connectivity index (χ1n) is 26.8. The summed E-state index contributed by atoms with van der Waals surface area (Å²) in [6, 6.07) is 75.7. The molecule has 0 spiro atoms. The van der Waals surface area contributed by atoms with Crippen LogP contribution in [0.15, 0.2) is 200 Å². The van der Waals surface area contributed by atoms with E-state index in [1.54, 1.807) is 0 Å². The van der Waals surface area contributed by atoms with E-state index in [4.69, 9.17) is 0 Å². The molecular formula is C70H68BN3. The summed E-state index contributed by atoms with van der Waals surface area (Å²) in [5.41, 5.74) is 26.1. The molecule has 9 aromatic carbocycles. The molecule has 1 aliphatic carbocycles. The Hall–Kier alpha value is -7.56. The minimum Gasteiger partial charge on any atom is -0.311 e. The monoisotopic (exact) mass is 962 g/mol. The van der Waals surface area contributed by atoms with Crippen LogP contribution in [0.3, 0.4) is 0 Å². The average Bonchev–Trinajstić information content (AvgIpc) is 3.61. The first-order valence-corrected chi connectivity index (χ1v) is 26.8. The second-order valence-electron chi connectivity index (χ2n) is 24.6. The van der Waals surface area contributed by atoms with Gasteiger partial charge in [0.25, 0.3) is 6.71 Å². The topological polar surface area (TPSA) is 9.72 Å². The minimum atomic E-state index is -0.174. The molecule has 0 amide bonds. The predicted molar refractivity (Wildman–Crippen MR) is 319 cm³/mol. The van der Waals surface area contributed by atoms with E-state index in [1.807, 2.05) is 0 Å². The normalized spacial score (nSPS) is 15.0. The molecule has 0 unspecified atom stereocenters. The van der Waals surface area contributed by atoms with Crippen LogP contribution in [0.4, 0.5) is 51.2 Å². The summed E-state index contributed by atoms with van der Waals surface area (Å²) < 4.78 is 0. The van der Waals surface area contributed by atoms with Gasteiger partial charge in [-0.25, -0.2) is 0 Å². The highest BCUT2D eigenvalue weighted by Gasteiger charge is 2.49. The third-order valence-corrected chi connectivity index (χ3v) is 16.4. The summed E-state index contributed by atoms with van der Waals surface area (Å²) in [5.74, 6) is 0. The van der Waals surface area contributed by atoms with E-state index in [1.165, 1.54) is 94.9 Å². The second-order valence-corrected chi connectivity index (χ2v) is 24.6. The van der Waals surface area contributed by atoms with E-state index >= 15 is 0 Å². The van der Waals surface area contributed by atoms with Crippen molar-refractivity contribution in [2.75, 3.05) is 14.7 Å². The Morgan fingerprint density at radius 1 is 0.405 bits per heavy atom. The van der Waals surface area contributed by atoms with Crippen molar-refractivity contribution < 1.29 is 0 Å². The molecule has 12 rings (SSSR count). The number of hydrogen-bond donors (Lipinski definition) is 0. The van der Waals surface area contributed by atoms with Gasteiger partial charge in [0.15, 0.2) is 0 Å². The van der Waals surface area contributed by atoms with Crippen molar-refractivity contribution in [3.05, 3.63) is 228 Å². The number of anilines is 9. The summed E-state index contributed by atoms with van der Waals surface area (Å²) in [6.45, 7) is 26.2. The maximum Gasteiger partial charge on any atom is 0.252 e. The van der Waals surface area contributed by atoms with Crippen molar-refractivity contribution in [2.24, 2.45) is 0 Å². The van der Waals surface area contributed by atoms with Gasteiger partial charge in [-0.05, 0) is 175 Å². The van der Waals surface area contributed by atoms with E-state index in [-0.39, 0.29) is 28.4 Å². The molecule has 3 aliphatic rings. The van der Waals surface area contributed by atoms with Crippen molar-refractivity contribution >= 4 is 74.3 Å². The van der Waals surface area contributed by atoms with Gasteiger partial charge in [0.2, 0.25) is 0 Å². The highest BCUT2D eigenvalue weighted by Crippen LogP contribution is 2.54. The molecule has 74 heavy (non-hydrogen) atoms. The van der Waals surface area contributed by atoms with Crippen molar-refractivity contribution in [1.82, 2.24) is 0 Å². The van der Waals surface area contributed by atoms with Gasteiger partial charge < -0.3 is 14.7 Å². The molecular weight excluding hydrogens is 894 g/mol. The van der Waals surface area contributed by atoms with Crippen LogP contribution in [0.25, 0.3) is 22.3 Å². The van der Waals surface area contributed by atoms with Crippen molar-refractivity contribution in [2.45, 2.75) is 104 Å². The van der Waals surface area contributed by atoms with Gasteiger partial charge in [0.05, 0.1) is 5.69 Å². The molecule has 0 fully saturated rings. The molecule has 0 radical (unpaired) electrons. The maximum atomic E-state index is 2.66. The van der Waals surface area contributed by atoms with E-state index in [0.717, 1.165) is 29.2 Å². The van der Waals surface area contributed by atoms with Crippen molar-refractivity contribution in [1.29, 1.82) is 0 Å². The zero-order valence-corrected chi connectivity index (χ0v) is 45.2. The van der Waals surface area contributed by atoms with Gasteiger partial charge in [-0.2, -0.15) is 0 Å². The second kappa shape index (κ2) is 17.3. The smallest absolute Gasteiger partial charge is 0.252 e. The Balaban J connectivity index is 1.22. The standard InChI is InChI=1S/C70H68BN3/c1-46-38-49(47-24-16-12-17-25-47)32-36-60(46)73-63-44-57-56(69(8,9)45-70(57,10)11)43-59(63)71-58-35-34-54(72(52-28-20-14-21-29-52)53-30-22-15-23-31-53)42-62(58)74(65-41-51(68(5,6)7)40-64(73)66(65)71)61-37-33-50(67(2,3)4)39-55(61)48-26-18-13-19-27-48/h12-44H,45H2,1-11H3. The fraction of sp³-hybridized carbons (Fsp3) is 0.229. The summed E-state index contributed by atoms with van der Waals surface area (Å²) in [4.78, 5) is 7.74. The van der Waals surface area contributed by atoms with Gasteiger partial charge in [-0.15, -0.1) is 0 Å². The molecule has 2 heterocycles. The summed E-state index contributed by atoms with van der Waals surface area (Å²) in [5, 5.41) is 0. The molecule has 9 aromatic rings. The number of aryl methyl sites for hydroxylation is 1. The SMILES string of the molecule is Cc1cc(-c2ccccc2)ccc1N1c2cc3c(cc2B2c4ccc(N(c5ccccc5)c5ccccc5)cc4N(c4ccc(C(C)(C)C)cc4-c4ccccc4)c4cc(C(C)(C)C)cc1c42)C(C)(C)CC3(C)C. The van der Waals surface area contributed by atoms with Gasteiger partial charge in [0, 0.05) is 51.1 Å². The number of fused-ring (bicyclic) bond motifs is 5. The number of nitrogens with zero attached hydrogens (tertiary/aromatic N) is 3. The lowest BCUT2D eigenvalue weighted by Gasteiger charge is -2.46. The van der Waals surface area contributed by atoms with Crippen LogP contribution in [-0.4, -0.2) is 6.71 Å². The molecule has 0 saturated carbocycles. The zero-order valence-electron chi connectivity index (χ0n) is 45.2. The van der Waals surface area contributed by atoms with E-state index in [0.29, 0.717) is 0 Å². The summed E-state index contributed by atoms with van der Waals surface area (Å²) >= 11 is 0. The molecule has 4 heteroatoms. The number of para-hydroxylation sites is 2. The molecule has 0 atom stereocenters. The third kappa shape index (κ3) is 7.88. The predicted octanol–water partition coefficient (Wildman–Crippen LogP) is 17.4. The Morgan fingerprint density at radius 2 is 0.919 bits per heavy atom. The Bertz CT molecular complexity index is 3580. The van der Waals surface area contributed by atoms with Crippen LogP contribution in [0, 0.1) is 6.92 Å². The van der Waals surface area contributed by atoms with Crippen LogP contribution in [0.1, 0.15) is 103 Å². The van der Waals surface area contributed by atoms with E-state index in [9.17, 15) is 0 Å². The summed E-state index contributed by atoms with van der Waals surface area (Å²) in [6.07, 6.45) is 1.09. The minimum absolute atomic E-state index is 0.00376. The van der Waals surface area contributed by atoms with Crippen molar-refractivity contribution in [3.8, 4) is 22.3 Å². The molecule has 0 N–H and O–H groups in total. The first-order chi connectivity index (χ1) is 35.4. The van der Waals surface area contributed by atoms with E-state index in [2.05, 4.69) is 291 Å². The maximum absolute atomic E-state index is 2.66. The van der Waals surface area contributed by atoms with Gasteiger partial charge in [-0.3, -0.25) is 0 Å². The lowest BCUT2D eigenvalue weighted by atomic mass is 9.33. The largest absolute Gasteiger partial charge is 0.311 e. The Kier molecular flexibility index (Phi) is 11.1. The van der Waals surface area contributed by atoms with Gasteiger partial charge in [-0.1, -0.05) is 191 Å². The highest BCUT2D eigenvalue weighted by molar-refractivity contribution is 7.00. The van der Waals surface area contributed by atoms with Crippen molar-refractivity contribution in [3.63, 3.8) is 0 Å². The number of hydrogen-bond acceptors (Lipinski definition) is 3. The highest BCUT2D eigenvalue weighted by atomic mass is 15.2. The Labute approximate surface area is 441 Å². The molecule has 366 valence electrons. The van der Waals surface area contributed by atoms with Crippen LogP contribution in [0.5, 0.6) is 0 Å². The lowest BCUT2D eigenvalue weighted by Crippen LogP contribution is -2.61. The Morgan fingerprint density at radius 3 is 1.49 bits per heavy atom.